The first-order valence-electron chi connectivity index (χ1n) is 6.35. The number of nitrogens with zero attached hydrogens (tertiary/aromatic N) is 1. The van der Waals surface area contributed by atoms with E-state index in [-0.39, 0.29) is 11.8 Å². The van der Waals surface area contributed by atoms with Crippen molar-refractivity contribution in [3.8, 4) is 0 Å². The van der Waals surface area contributed by atoms with Gasteiger partial charge in [-0.3, -0.25) is 0 Å². The summed E-state index contributed by atoms with van der Waals surface area (Å²) in [6.45, 7) is 0.354. The monoisotopic (exact) mass is 301 g/mol. The Morgan fingerprint density at radius 2 is 1.90 bits per heavy atom. The molecule has 0 saturated carbocycles. The van der Waals surface area contributed by atoms with Crippen LogP contribution in [0.5, 0.6) is 0 Å². The molecular formula is C15H12FN3OS. The number of hydrogen-bond acceptors (Lipinski definition) is 3. The number of fused-ring (bicyclic) bond motifs is 1. The van der Waals surface area contributed by atoms with E-state index >= 15 is 0 Å². The lowest BCUT2D eigenvalue weighted by molar-refractivity contribution is 0.251. The van der Waals surface area contributed by atoms with Crippen molar-refractivity contribution in [3.05, 3.63) is 59.4 Å². The standard InChI is InChI=1S/C15H12FN3OS/c16-10-5-7-11(8-6-10)18-15(20)17-9-14-19-12-3-1-2-4-13(12)21-14/h1-8H,9H2,(H2,17,18,20). The zero-order chi connectivity index (χ0) is 14.7. The molecule has 2 N–H and O–H groups in total. The predicted octanol–water partition coefficient (Wildman–Crippen LogP) is 3.76. The Morgan fingerprint density at radius 1 is 1.14 bits per heavy atom. The van der Waals surface area contributed by atoms with Crippen LogP contribution in [0.2, 0.25) is 0 Å². The van der Waals surface area contributed by atoms with Gasteiger partial charge in [0, 0.05) is 5.69 Å². The van der Waals surface area contributed by atoms with E-state index in [2.05, 4.69) is 15.6 Å². The van der Waals surface area contributed by atoms with E-state index in [1.807, 2.05) is 24.3 Å². The Hall–Kier alpha value is -2.47. The fraction of sp³-hybridized carbons (Fsp3) is 0.0667. The number of benzene rings is 2. The molecule has 0 aliphatic heterocycles. The Balaban J connectivity index is 1.59. The molecular weight excluding hydrogens is 289 g/mol. The number of aromatic nitrogens is 1. The maximum absolute atomic E-state index is 12.8. The molecule has 0 radical (unpaired) electrons. The average Bonchev–Trinajstić information content (AvgIpc) is 2.90. The van der Waals surface area contributed by atoms with E-state index in [0.29, 0.717) is 12.2 Å². The lowest BCUT2D eigenvalue weighted by Crippen LogP contribution is -2.28. The summed E-state index contributed by atoms with van der Waals surface area (Å²) in [6.07, 6.45) is 0. The molecule has 6 heteroatoms. The van der Waals surface area contributed by atoms with E-state index in [1.54, 1.807) is 11.3 Å². The molecule has 1 heterocycles. The van der Waals surface area contributed by atoms with Gasteiger partial charge in [0.15, 0.2) is 0 Å². The first-order chi connectivity index (χ1) is 10.2. The van der Waals surface area contributed by atoms with Crippen molar-refractivity contribution in [2.75, 3.05) is 5.32 Å². The van der Waals surface area contributed by atoms with E-state index in [1.165, 1.54) is 24.3 Å². The van der Waals surface area contributed by atoms with Gasteiger partial charge in [0.25, 0.3) is 0 Å². The van der Waals surface area contributed by atoms with Crippen LogP contribution < -0.4 is 10.6 Å². The number of hydrogen-bond donors (Lipinski definition) is 2. The van der Waals surface area contributed by atoms with Crippen molar-refractivity contribution in [1.82, 2.24) is 10.3 Å². The van der Waals surface area contributed by atoms with Crippen LogP contribution in [0.4, 0.5) is 14.9 Å². The van der Waals surface area contributed by atoms with Gasteiger partial charge in [-0.15, -0.1) is 11.3 Å². The topological polar surface area (TPSA) is 54.0 Å². The van der Waals surface area contributed by atoms with Crippen LogP contribution >= 0.6 is 11.3 Å². The largest absolute Gasteiger partial charge is 0.331 e. The SMILES string of the molecule is O=C(NCc1nc2ccccc2s1)Nc1ccc(F)cc1. The van der Waals surface area contributed by atoms with E-state index in [0.717, 1.165) is 15.2 Å². The molecule has 1 aromatic heterocycles. The maximum atomic E-state index is 12.8. The first kappa shape index (κ1) is 13.5. The van der Waals surface area contributed by atoms with Gasteiger partial charge in [-0.1, -0.05) is 12.1 Å². The molecule has 0 fully saturated rings. The number of urea groups is 1. The fourth-order valence-electron chi connectivity index (χ4n) is 1.86. The number of carbonyl (C=O) groups is 1. The molecule has 0 bridgehead atoms. The molecule has 0 aliphatic rings. The minimum atomic E-state index is -0.346. The summed E-state index contributed by atoms with van der Waals surface area (Å²) in [4.78, 5) is 16.2. The number of amides is 2. The Bertz CT molecular complexity index is 737. The third kappa shape index (κ3) is 3.35. The molecule has 0 atom stereocenters. The Kier molecular flexibility index (Phi) is 3.79. The summed E-state index contributed by atoms with van der Waals surface area (Å²) < 4.78 is 13.9. The average molecular weight is 301 g/mol. The van der Waals surface area contributed by atoms with Crippen molar-refractivity contribution in [3.63, 3.8) is 0 Å². The van der Waals surface area contributed by atoms with E-state index in [9.17, 15) is 9.18 Å². The molecule has 0 unspecified atom stereocenters. The van der Waals surface area contributed by atoms with Crippen LogP contribution in [-0.4, -0.2) is 11.0 Å². The van der Waals surface area contributed by atoms with Crippen LogP contribution in [0.15, 0.2) is 48.5 Å². The Morgan fingerprint density at radius 3 is 2.67 bits per heavy atom. The van der Waals surface area contributed by atoms with Crippen molar-refractivity contribution in [1.29, 1.82) is 0 Å². The number of rotatable bonds is 3. The molecule has 0 spiro atoms. The van der Waals surface area contributed by atoms with Gasteiger partial charge in [0.2, 0.25) is 0 Å². The molecule has 3 rings (SSSR count). The van der Waals surface area contributed by atoms with Crippen molar-refractivity contribution < 1.29 is 9.18 Å². The highest BCUT2D eigenvalue weighted by Crippen LogP contribution is 2.21. The van der Waals surface area contributed by atoms with Gasteiger partial charge >= 0.3 is 6.03 Å². The van der Waals surface area contributed by atoms with Crippen molar-refractivity contribution in [2.24, 2.45) is 0 Å². The van der Waals surface area contributed by atoms with Gasteiger partial charge in [-0.25, -0.2) is 14.2 Å². The zero-order valence-electron chi connectivity index (χ0n) is 11.0. The maximum Gasteiger partial charge on any atom is 0.319 e. The first-order valence-corrected chi connectivity index (χ1v) is 7.17. The van der Waals surface area contributed by atoms with Gasteiger partial charge in [0.05, 0.1) is 16.8 Å². The highest BCUT2D eigenvalue weighted by atomic mass is 32.1. The minimum absolute atomic E-state index is 0.338. The molecule has 3 aromatic rings. The highest BCUT2D eigenvalue weighted by molar-refractivity contribution is 7.18. The third-order valence-electron chi connectivity index (χ3n) is 2.84. The van der Waals surface area contributed by atoms with Crippen LogP contribution in [0.3, 0.4) is 0 Å². The lowest BCUT2D eigenvalue weighted by Gasteiger charge is -2.05. The van der Waals surface area contributed by atoms with Crippen LogP contribution in [0, 0.1) is 5.82 Å². The summed E-state index contributed by atoms with van der Waals surface area (Å²) in [5, 5.41) is 6.20. The number of nitrogens with one attached hydrogen (secondary N) is 2. The van der Waals surface area contributed by atoms with E-state index < -0.39 is 0 Å². The smallest absolute Gasteiger partial charge is 0.319 e. The van der Waals surface area contributed by atoms with Crippen molar-refractivity contribution >= 4 is 33.3 Å². The van der Waals surface area contributed by atoms with Crippen LogP contribution in [0.25, 0.3) is 10.2 Å². The summed E-state index contributed by atoms with van der Waals surface area (Å²) in [6, 6.07) is 13.1. The second-order valence-corrected chi connectivity index (χ2v) is 5.51. The van der Waals surface area contributed by atoms with Crippen LogP contribution in [-0.2, 0) is 6.54 Å². The number of carbonyl (C=O) groups excluding carboxylic acids is 1. The fourth-order valence-corrected chi connectivity index (χ4v) is 2.77. The Labute approximate surface area is 124 Å². The summed E-state index contributed by atoms with van der Waals surface area (Å²) in [5.41, 5.74) is 1.47. The molecule has 0 saturated heterocycles. The molecule has 2 aromatic carbocycles. The molecule has 0 aliphatic carbocycles. The predicted molar refractivity (Wildman–Crippen MR) is 81.9 cm³/mol. The zero-order valence-corrected chi connectivity index (χ0v) is 11.8. The highest BCUT2D eigenvalue weighted by Gasteiger charge is 2.06. The third-order valence-corrected chi connectivity index (χ3v) is 3.88. The number of para-hydroxylation sites is 1. The number of thiazole rings is 1. The van der Waals surface area contributed by atoms with Gasteiger partial charge in [-0.05, 0) is 36.4 Å². The summed E-state index contributed by atoms with van der Waals surface area (Å²) in [5.74, 6) is -0.338. The number of halogens is 1. The molecule has 2 amide bonds. The quantitative estimate of drug-likeness (QED) is 0.774. The van der Waals surface area contributed by atoms with Gasteiger partial charge in [-0.2, -0.15) is 0 Å². The van der Waals surface area contributed by atoms with Crippen molar-refractivity contribution in [2.45, 2.75) is 6.54 Å². The normalized spacial score (nSPS) is 10.5. The second-order valence-electron chi connectivity index (χ2n) is 4.39. The van der Waals surface area contributed by atoms with E-state index in [4.69, 9.17) is 0 Å². The molecule has 4 nitrogen and oxygen atoms in total. The van der Waals surface area contributed by atoms with Gasteiger partial charge < -0.3 is 10.6 Å². The minimum Gasteiger partial charge on any atom is -0.331 e. The molecule has 21 heavy (non-hydrogen) atoms. The summed E-state index contributed by atoms with van der Waals surface area (Å²) >= 11 is 1.54. The summed E-state index contributed by atoms with van der Waals surface area (Å²) in [7, 11) is 0. The second kappa shape index (κ2) is 5.88. The number of anilines is 1. The van der Waals surface area contributed by atoms with Gasteiger partial charge in [0.1, 0.15) is 10.8 Å². The lowest BCUT2D eigenvalue weighted by atomic mass is 10.3. The molecule has 106 valence electrons. The van der Waals surface area contributed by atoms with Crippen LogP contribution in [0.1, 0.15) is 5.01 Å².